The Morgan fingerprint density at radius 3 is 2.75 bits per heavy atom. The van der Waals surface area contributed by atoms with Gasteiger partial charge in [-0.2, -0.15) is 0 Å². The number of nitrogens with one attached hydrogen (secondary N) is 1. The lowest BCUT2D eigenvalue weighted by Gasteiger charge is -2.20. The summed E-state index contributed by atoms with van der Waals surface area (Å²) in [6.07, 6.45) is 0. The van der Waals surface area contributed by atoms with E-state index < -0.39 is 0 Å². The Kier molecular flexibility index (Phi) is 6.03. The summed E-state index contributed by atoms with van der Waals surface area (Å²) in [5.41, 5.74) is 2.55. The van der Waals surface area contributed by atoms with Crippen LogP contribution in [0.1, 0.15) is 31.0 Å². The van der Waals surface area contributed by atoms with Crippen molar-refractivity contribution in [2.45, 2.75) is 26.8 Å². The van der Waals surface area contributed by atoms with Gasteiger partial charge in [-0.25, -0.2) is 0 Å². The van der Waals surface area contributed by atoms with Crippen molar-refractivity contribution >= 4 is 15.9 Å². The van der Waals surface area contributed by atoms with Gasteiger partial charge in [0.15, 0.2) is 0 Å². The van der Waals surface area contributed by atoms with Gasteiger partial charge in [-0.05, 0) is 32.0 Å². The van der Waals surface area contributed by atoms with E-state index in [1.54, 1.807) is 0 Å². The highest BCUT2D eigenvalue weighted by molar-refractivity contribution is 9.10. The molecule has 0 radical (unpaired) electrons. The van der Waals surface area contributed by atoms with Gasteiger partial charge in [-0.1, -0.05) is 40.5 Å². The van der Waals surface area contributed by atoms with Gasteiger partial charge in [-0.3, -0.25) is 0 Å². The molecule has 1 rings (SSSR count). The predicted octanol–water partition coefficient (Wildman–Crippen LogP) is 3.44. The number of ether oxygens (including phenoxy) is 1. The summed E-state index contributed by atoms with van der Waals surface area (Å²) in [6.45, 7) is 8.66. The van der Waals surface area contributed by atoms with E-state index in [9.17, 15) is 0 Å². The molecule has 0 aliphatic carbocycles. The lowest BCUT2D eigenvalue weighted by Crippen LogP contribution is -2.25. The fraction of sp³-hybridized carbons (Fsp3) is 0.538. The first-order valence-corrected chi connectivity index (χ1v) is 6.55. The molecule has 0 aromatic heterocycles. The van der Waals surface area contributed by atoms with Crippen LogP contribution in [0.15, 0.2) is 22.7 Å². The number of benzene rings is 1. The number of likely N-dealkylation sites (N-methyl/N-ethyl adjacent to an activating group) is 1. The van der Waals surface area contributed by atoms with Crippen molar-refractivity contribution in [3.05, 3.63) is 33.8 Å². The Hall–Kier alpha value is -0.380. The maximum absolute atomic E-state index is 5.51. The number of rotatable bonds is 6. The third-order valence-corrected chi connectivity index (χ3v) is 3.19. The van der Waals surface area contributed by atoms with Crippen LogP contribution in [0.2, 0.25) is 0 Å². The van der Waals surface area contributed by atoms with Crippen molar-refractivity contribution in [3.63, 3.8) is 0 Å². The largest absolute Gasteiger partial charge is 0.380 e. The standard InChI is InChI=1S/C13H20BrNO/c1-4-15-13(9-16-5-2)11-8-10(3)6-7-12(11)14/h6-8,13,15H,4-5,9H2,1-3H3. The summed E-state index contributed by atoms with van der Waals surface area (Å²) >= 11 is 3.60. The summed E-state index contributed by atoms with van der Waals surface area (Å²) in [4.78, 5) is 0. The Morgan fingerprint density at radius 1 is 1.38 bits per heavy atom. The van der Waals surface area contributed by atoms with Gasteiger partial charge in [-0.15, -0.1) is 0 Å². The second-order valence-electron chi connectivity index (χ2n) is 3.79. The molecule has 16 heavy (non-hydrogen) atoms. The second-order valence-corrected chi connectivity index (χ2v) is 4.65. The molecule has 90 valence electrons. The molecule has 0 amide bonds. The average molecular weight is 286 g/mol. The maximum atomic E-state index is 5.51. The Bertz CT molecular complexity index is 328. The zero-order valence-electron chi connectivity index (χ0n) is 10.2. The number of halogens is 1. The van der Waals surface area contributed by atoms with Crippen molar-refractivity contribution in [2.24, 2.45) is 0 Å². The van der Waals surface area contributed by atoms with E-state index in [4.69, 9.17) is 4.74 Å². The third kappa shape index (κ3) is 3.89. The Morgan fingerprint density at radius 2 is 2.12 bits per heavy atom. The fourth-order valence-electron chi connectivity index (χ4n) is 1.67. The molecule has 1 aromatic rings. The highest BCUT2D eigenvalue weighted by Gasteiger charge is 2.13. The van der Waals surface area contributed by atoms with Gasteiger partial charge in [0.05, 0.1) is 12.6 Å². The molecule has 0 aliphatic heterocycles. The first-order valence-electron chi connectivity index (χ1n) is 5.76. The van der Waals surface area contributed by atoms with Crippen molar-refractivity contribution in [2.75, 3.05) is 19.8 Å². The van der Waals surface area contributed by atoms with E-state index >= 15 is 0 Å². The highest BCUT2D eigenvalue weighted by Crippen LogP contribution is 2.25. The quantitative estimate of drug-likeness (QED) is 0.865. The molecule has 1 unspecified atom stereocenters. The zero-order valence-corrected chi connectivity index (χ0v) is 11.8. The smallest absolute Gasteiger partial charge is 0.0661 e. The molecular weight excluding hydrogens is 266 g/mol. The molecule has 2 nitrogen and oxygen atoms in total. The molecule has 0 fully saturated rings. The molecule has 1 N–H and O–H groups in total. The van der Waals surface area contributed by atoms with Gasteiger partial charge in [0, 0.05) is 11.1 Å². The first-order chi connectivity index (χ1) is 7.69. The summed E-state index contributed by atoms with van der Waals surface area (Å²) in [5, 5.41) is 3.45. The van der Waals surface area contributed by atoms with E-state index in [2.05, 4.69) is 53.3 Å². The van der Waals surface area contributed by atoms with Crippen LogP contribution in [-0.2, 0) is 4.74 Å². The van der Waals surface area contributed by atoms with Gasteiger partial charge >= 0.3 is 0 Å². The topological polar surface area (TPSA) is 21.3 Å². The zero-order chi connectivity index (χ0) is 12.0. The lowest BCUT2D eigenvalue weighted by molar-refractivity contribution is 0.123. The van der Waals surface area contributed by atoms with E-state index in [0.29, 0.717) is 6.61 Å². The van der Waals surface area contributed by atoms with Crippen LogP contribution in [-0.4, -0.2) is 19.8 Å². The third-order valence-electron chi connectivity index (χ3n) is 2.47. The Labute approximate surface area is 107 Å². The van der Waals surface area contributed by atoms with Crippen molar-refractivity contribution in [3.8, 4) is 0 Å². The summed E-state index contributed by atoms with van der Waals surface area (Å²) < 4.78 is 6.66. The molecule has 0 saturated carbocycles. The Balaban J connectivity index is 2.85. The monoisotopic (exact) mass is 285 g/mol. The summed E-state index contributed by atoms with van der Waals surface area (Å²) in [7, 11) is 0. The predicted molar refractivity (Wildman–Crippen MR) is 71.8 cm³/mol. The van der Waals surface area contributed by atoms with Crippen LogP contribution in [0.5, 0.6) is 0 Å². The number of hydrogen-bond acceptors (Lipinski definition) is 2. The SMILES string of the molecule is CCNC(COCC)c1cc(C)ccc1Br. The van der Waals surface area contributed by atoms with Crippen molar-refractivity contribution in [1.29, 1.82) is 0 Å². The molecule has 0 bridgehead atoms. The fourth-order valence-corrected chi connectivity index (χ4v) is 2.19. The van der Waals surface area contributed by atoms with Crippen molar-refractivity contribution in [1.82, 2.24) is 5.32 Å². The minimum Gasteiger partial charge on any atom is -0.380 e. The minimum atomic E-state index is 0.263. The summed E-state index contributed by atoms with van der Waals surface area (Å²) in [6, 6.07) is 6.67. The van der Waals surface area contributed by atoms with E-state index in [0.717, 1.165) is 17.6 Å². The first kappa shape index (κ1) is 13.7. The molecule has 3 heteroatoms. The van der Waals surface area contributed by atoms with Crippen LogP contribution >= 0.6 is 15.9 Å². The normalized spacial score (nSPS) is 12.8. The number of hydrogen-bond donors (Lipinski definition) is 1. The van der Waals surface area contributed by atoms with Gasteiger partial charge in [0.2, 0.25) is 0 Å². The molecule has 0 heterocycles. The summed E-state index contributed by atoms with van der Waals surface area (Å²) in [5.74, 6) is 0. The molecule has 1 atom stereocenters. The minimum absolute atomic E-state index is 0.263. The van der Waals surface area contributed by atoms with E-state index in [1.807, 2.05) is 6.92 Å². The van der Waals surface area contributed by atoms with E-state index in [-0.39, 0.29) is 6.04 Å². The van der Waals surface area contributed by atoms with E-state index in [1.165, 1.54) is 11.1 Å². The van der Waals surface area contributed by atoms with Gasteiger partial charge in [0.25, 0.3) is 0 Å². The molecular formula is C13H20BrNO. The average Bonchev–Trinajstić information content (AvgIpc) is 2.28. The van der Waals surface area contributed by atoms with Crippen LogP contribution in [0.4, 0.5) is 0 Å². The lowest BCUT2D eigenvalue weighted by atomic mass is 10.1. The van der Waals surface area contributed by atoms with Crippen LogP contribution in [0.25, 0.3) is 0 Å². The van der Waals surface area contributed by atoms with Crippen LogP contribution in [0.3, 0.4) is 0 Å². The molecule has 0 spiro atoms. The molecule has 0 aliphatic rings. The second kappa shape index (κ2) is 7.05. The van der Waals surface area contributed by atoms with Gasteiger partial charge in [0.1, 0.15) is 0 Å². The highest BCUT2D eigenvalue weighted by atomic mass is 79.9. The van der Waals surface area contributed by atoms with Gasteiger partial charge < -0.3 is 10.1 Å². The van der Waals surface area contributed by atoms with Crippen molar-refractivity contribution < 1.29 is 4.74 Å². The molecule has 0 saturated heterocycles. The van der Waals surface area contributed by atoms with Crippen LogP contribution in [0, 0.1) is 6.92 Å². The van der Waals surface area contributed by atoms with Crippen LogP contribution < -0.4 is 5.32 Å². The number of aryl methyl sites for hydroxylation is 1. The molecule has 1 aromatic carbocycles. The maximum Gasteiger partial charge on any atom is 0.0661 e.